The first-order chi connectivity index (χ1) is 9.08. The average Bonchev–Trinajstić information content (AvgIpc) is 2.41. The Labute approximate surface area is 114 Å². The summed E-state index contributed by atoms with van der Waals surface area (Å²) in [5, 5.41) is 16.1. The van der Waals surface area contributed by atoms with Crippen LogP contribution in [-0.4, -0.2) is 24.1 Å². The van der Waals surface area contributed by atoms with Crippen LogP contribution < -0.4 is 10.6 Å². The van der Waals surface area contributed by atoms with E-state index >= 15 is 0 Å². The normalized spacial score (nSPS) is 19.2. The van der Waals surface area contributed by atoms with Crippen molar-refractivity contribution in [3.8, 4) is 5.75 Å². The van der Waals surface area contributed by atoms with E-state index in [1.165, 1.54) is 0 Å². The molecule has 1 aliphatic rings. The zero-order valence-corrected chi connectivity index (χ0v) is 11.6. The SMILES string of the molecule is Cc1ccc(NC(=O)CC2CCCNC2)c(C)c1O. The summed E-state index contributed by atoms with van der Waals surface area (Å²) in [7, 11) is 0. The highest BCUT2D eigenvalue weighted by molar-refractivity contribution is 5.92. The number of aryl methyl sites for hydroxylation is 1. The fourth-order valence-electron chi connectivity index (χ4n) is 2.53. The molecule has 1 amide bonds. The molecule has 0 radical (unpaired) electrons. The largest absolute Gasteiger partial charge is 0.507 e. The van der Waals surface area contributed by atoms with Gasteiger partial charge < -0.3 is 15.7 Å². The van der Waals surface area contributed by atoms with Gasteiger partial charge in [0.05, 0.1) is 0 Å². The second-order valence-corrected chi connectivity index (χ2v) is 5.37. The maximum atomic E-state index is 12.0. The number of aromatic hydroxyl groups is 1. The Balaban J connectivity index is 1.97. The summed E-state index contributed by atoms with van der Waals surface area (Å²) in [6.45, 7) is 5.65. The maximum Gasteiger partial charge on any atom is 0.224 e. The lowest BCUT2D eigenvalue weighted by Crippen LogP contribution is -2.32. The molecule has 2 rings (SSSR count). The molecule has 0 saturated carbocycles. The van der Waals surface area contributed by atoms with Crippen molar-refractivity contribution in [2.24, 2.45) is 5.92 Å². The molecule has 1 saturated heterocycles. The molecular formula is C15H22N2O2. The van der Waals surface area contributed by atoms with Crippen LogP contribution in [-0.2, 0) is 4.79 Å². The standard InChI is InChI=1S/C15H22N2O2/c1-10-5-6-13(11(2)15(10)19)17-14(18)8-12-4-3-7-16-9-12/h5-6,12,16,19H,3-4,7-9H2,1-2H3,(H,17,18). The molecule has 1 atom stereocenters. The van der Waals surface area contributed by atoms with Crippen molar-refractivity contribution in [3.63, 3.8) is 0 Å². The van der Waals surface area contributed by atoms with E-state index in [4.69, 9.17) is 0 Å². The van der Waals surface area contributed by atoms with E-state index in [2.05, 4.69) is 10.6 Å². The van der Waals surface area contributed by atoms with Gasteiger partial charge >= 0.3 is 0 Å². The number of piperidine rings is 1. The smallest absolute Gasteiger partial charge is 0.224 e. The zero-order valence-electron chi connectivity index (χ0n) is 11.6. The summed E-state index contributed by atoms with van der Waals surface area (Å²) in [5.74, 6) is 0.713. The predicted octanol–water partition coefficient (Wildman–Crippen LogP) is 2.34. The number of carbonyl (C=O) groups is 1. The van der Waals surface area contributed by atoms with Gasteiger partial charge in [0.1, 0.15) is 5.75 Å². The third-order valence-corrected chi connectivity index (χ3v) is 3.78. The molecule has 1 fully saturated rings. The van der Waals surface area contributed by atoms with Crippen LogP contribution in [0.15, 0.2) is 12.1 Å². The first kappa shape index (κ1) is 13.9. The van der Waals surface area contributed by atoms with Crippen LogP contribution in [0.5, 0.6) is 5.75 Å². The van der Waals surface area contributed by atoms with Crippen molar-refractivity contribution in [2.45, 2.75) is 33.1 Å². The zero-order chi connectivity index (χ0) is 13.8. The third kappa shape index (κ3) is 3.47. The molecule has 1 aliphatic heterocycles. The number of carbonyl (C=O) groups excluding carboxylic acids is 1. The minimum atomic E-state index is 0.0278. The lowest BCUT2D eigenvalue weighted by Gasteiger charge is -2.22. The summed E-state index contributed by atoms with van der Waals surface area (Å²) < 4.78 is 0. The van der Waals surface area contributed by atoms with E-state index in [1.807, 2.05) is 26.0 Å². The number of benzene rings is 1. The average molecular weight is 262 g/mol. The van der Waals surface area contributed by atoms with Gasteiger partial charge in [-0.25, -0.2) is 0 Å². The van der Waals surface area contributed by atoms with Gasteiger partial charge in [-0.1, -0.05) is 6.07 Å². The lowest BCUT2D eigenvalue weighted by atomic mass is 9.96. The molecule has 1 unspecified atom stereocenters. The molecule has 0 spiro atoms. The van der Waals surface area contributed by atoms with Gasteiger partial charge in [0.15, 0.2) is 0 Å². The molecule has 1 aromatic carbocycles. The Hall–Kier alpha value is -1.55. The summed E-state index contributed by atoms with van der Waals surface area (Å²) in [6.07, 6.45) is 2.79. The first-order valence-corrected chi connectivity index (χ1v) is 6.87. The molecule has 0 aromatic heterocycles. The molecule has 104 valence electrons. The van der Waals surface area contributed by atoms with Gasteiger partial charge in [-0.05, 0) is 57.3 Å². The van der Waals surface area contributed by atoms with E-state index in [9.17, 15) is 9.90 Å². The number of phenolic OH excluding ortho intramolecular Hbond substituents is 1. The molecule has 1 aromatic rings. The first-order valence-electron chi connectivity index (χ1n) is 6.87. The van der Waals surface area contributed by atoms with E-state index in [0.29, 0.717) is 18.0 Å². The number of amides is 1. The van der Waals surface area contributed by atoms with Gasteiger partial charge in [-0.15, -0.1) is 0 Å². The van der Waals surface area contributed by atoms with E-state index in [1.54, 1.807) is 0 Å². The predicted molar refractivity (Wildman–Crippen MR) is 76.4 cm³/mol. The van der Waals surface area contributed by atoms with E-state index < -0.39 is 0 Å². The van der Waals surface area contributed by atoms with Gasteiger partial charge in [0.25, 0.3) is 0 Å². The Bertz CT molecular complexity index is 465. The van der Waals surface area contributed by atoms with Gasteiger partial charge in [-0.3, -0.25) is 4.79 Å². The van der Waals surface area contributed by atoms with E-state index in [0.717, 1.165) is 37.1 Å². The topological polar surface area (TPSA) is 61.4 Å². The van der Waals surface area contributed by atoms with Crippen molar-refractivity contribution in [3.05, 3.63) is 23.3 Å². The van der Waals surface area contributed by atoms with Crippen molar-refractivity contribution < 1.29 is 9.90 Å². The fourth-order valence-corrected chi connectivity index (χ4v) is 2.53. The summed E-state index contributed by atoms with van der Waals surface area (Å²) >= 11 is 0. The molecule has 4 nitrogen and oxygen atoms in total. The highest BCUT2D eigenvalue weighted by Crippen LogP contribution is 2.28. The van der Waals surface area contributed by atoms with Gasteiger partial charge in [0, 0.05) is 17.7 Å². The molecule has 1 heterocycles. The minimum Gasteiger partial charge on any atom is -0.507 e. The third-order valence-electron chi connectivity index (χ3n) is 3.78. The van der Waals surface area contributed by atoms with E-state index in [-0.39, 0.29) is 11.7 Å². The molecule has 0 bridgehead atoms. The van der Waals surface area contributed by atoms with Crippen LogP contribution in [0.2, 0.25) is 0 Å². The Morgan fingerprint density at radius 1 is 1.47 bits per heavy atom. The van der Waals surface area contributed by atoms with Crippen LogP contribution in [0.4, 0.5) is 5.69 Å². The Morgan fingerprint density at radius 3 is 2.95 bits per heavy atom. The highest BCUT2D eigenvalue weighted by Gasteiger charge is 2.17. The van der Waals surface area contributed by atoms with Crippen molar-refractivity contribution in [2.75, 3.05) is 18.4 Å². The molecular weight excluding hydrogens is 240 g/mol. The number of nitrogens with one attached hydrogen (secondary N) is 2. The number of rotatable bonds is 3. The Morgan fingerprint density at radius 2 is 2.26 bits per heavy atom. The summed E-state index contributed by atoms with van der Waals surface area (Å²) in [6, 6.07) is 3.67. The quantitative estimate of drug-likeness (QED) is 0.783. The van der Waals surface area contributed by atoms with Gasteiger partial charge in [-0.2, -0.15) is 0 Å². The molecule has 0 aliphatic carbocycles. The highest BCUT2D eigenvalue weighted by atomic mass is 16.3. The van der Waals surface area contributed by atoms with Crippen LogP contribution in [0.3, 0.4) is 0 Å². The van der Waals surface area contributed by atoms with Crippen LogP contribution in [0.1, 0.15) is 30.4 Å². The Kier molecular flexibility index (Phi) is 4.43. The van der Waals surface area contributed by atoms with Crippen molar-refractivity contribution in [1.29, 1.82) is 0 Å². The summed E-state index contributed by atoms with van der Waals surface area (Å²) in [4.78, 5) is 12.0. The van der Waals surface area contributed by atoms with Crippen LogP contribution in [0.25, 0.3) is 0 Å². The summed E-state index contributed by atoms with van der Waals surface area (Å²) in [5.41, 5.74) is 2.26. The number of anilines is 1. The molecule has 3 N–H and O–H groups in total. The van der Waals surface area contributed by atoms with Gasteiger partial charge in [0.2, 0.25) is 5.91 Å². The molecule has 19 heavy (non-hydrogen) atoms. The van der Waals surface area contributed by atoms with Crippen LogP contribution >= 0.6 is 0 Å². The second kappa shape index (κ2) is 6.06. The number of phenols is 1. The maximum absolute atomic E-state index is 12.0. The minimum absolute atomic E-state index is 0.0278. The fraction of sp³-hybridized carbons (Fsp3) is 0.533. The van der Waals surface area contributed by atoms with Crippen molar-refractivity contribution in [1.82, 2.24) is 5.32 Å². The lowest BCUT2D eigenvalue weighted by molar-refractivity contribution is -0.117. The van der Waals surface area contributed by atoms with Crippen molar-refractivity contribution >= 4 is 11.6 Å². The monoisotopic (exact) mass is 262 g/mol. The number of hydrogen-bond acceptors (Lipinski definition) is 3. The molecule has 4 heteroatoms. The second-order valence-electron chi connectivity index (χ2n) is 5.37. The van der Waals surface area contributed by atoms with Crippen LogP contribution in [0, 0.1) is 19.8 Å². The number of hydrogen-bond donors (Lipinski definition) is 3.